The van der Waals surface area contributed by atoms with E-state index in [0.29, 0.717) is 0 Å². The van der Waals surface area contributed by atoms with Crippen LogP contribution in [0.1, 0.15) is 6.92 Å². The number of hydrogen-bond acceptors (Lipinski definition) is 2. The van der Waals surface area contributed by atoms with E-state index >= 15 is 0 Å². The molecule has 0 unspecified atom stereocenters. The van der Waals surface area contributed by atoms with Gasteiger partial charge in [-0.05, 0) is 12.5 Å². The van der Waals surface area contributed by atoms with E-state index in [2.05, 4.69) is 19.7 Å². The van der Waals surface area contributed by atoms with Crippen molar-refractivity contribution in [1.82, 2.24) is 0 Å². The van der Waals surface area contributed by atoms with E-state index in [1.165, 1.54) is 19.1 Å². The Labute approximate surface area is 78.0 Å². The van der Waals surface area contributed by atoms with Crippen molar-refractivity contribution in [1.29, 1.82) is 0 Å². The summed E-state index contributed by atoms with van der Waals surface area (Å²) in [4.78, 5) is 22.3. The smallest absolute Gasteiger partial charge is 0.232 e. The van der Waals surface area contributed by atoms with Crippen LogP contribution in [0.15, 0.2) is 49.1 Å². The lowest BCUT2D eigenvalue weighted by Gasteiger charge is -1.96. The van der Waals surface area contributed by atoms with Crippen LogP contribution in [0.2, 0.25) is 0 Å². The molecule has 0 aliphatic heterocycles. The van der Waals surface area contributed by atoms with Gasteiger partial charge in [-0.2, -0.15) is 0 Å². The number of carbonyl (C=O) groups excluding carboxylic acids is 2. The van der Waals surface area contributed by atoms with Crippen LogP contribution in [0.4, 0.5) is 0 Å². The van der Waals surface area contributed by atoms with Gasteiger partial charge in [0.15, 0.2) is 0 Å². The molecule has 0 aromatic rings. The average Bonchev–Trinajstić information content (AvgIpc) is 2.11. The molecule has 0 radical (unpaired) electrons. The van der Waals surface area contributed by atoms with Crippen LogP contribution in [0.3, 0.4) is 0 Å². The molecule has 0 bridgehead atoms. The van der Waals surface area contributed by atoms with E-state index < -0.39 is 11.6 Å². The Morgan fingerprint density at radius 2 is 1.69 bits per heavy atom. The summed E-state index contributed by atoms with van der Waals surface area (Å²) in [6.07, 6.45) is 4.49. The standard InChI is InChI=1S/C11H12O2/c1-5-6-7-9(4)11(13)10(12)8(2)3/h5-7H,1-2,4H2,3H3/b7-6-. The van der Waals surface area contributed by atoms with Crippen molar-refractivity contribution in [3.8, 4) is 0 Å². The summed E-state index contributed by atoms with van der Waals surface area (Å²) >= 11 is 0. The van der Waals surface area contributed by atoms with Gasteiger partial charge >= 0.3 is 0 Å². The summed E-state index contributed by atoms with van der Waals surface area (Å²) in [6.45, 7) is 11.8. The number of ketones is 2. The predicted octanol–water partition coefficient (Wildman–Crippen LogP) is 2.00. The number of rotatable bonds is 5. The third kappa shape index (κ3) is 3.47. The number of hydrogen-bond donors (Lipinski definition) is 0. The molecule has 0 aromatic carbocycles. The molecular weight excluding hydrogens is 164 g/mol. The van der Waals surface area contributed by atoms with Crippen LogP contribution in [0.5, 0.6) is 0 Å². The molecular formula is C11H12O2. The maximum Gasteiger partial charge on any atom is 0.232 e. The molecule has 0 aliphatic rings. The number of Topliss-reactive ketones (excluding diaryl/α,β-unsaturated/α-hetero) is 2. The highest BCUT2D eigenvalue weighted by Crippen LogP contribution is 2.01. The maximum absolute atomic E-state index is 11.2. The minimum Gasteiger partial charge on any atom is -0.285 e. The first kappa shape index (κ1) is 11.3. The Hall–Kier alpha value is -1.70. The fraction of sp³-hybridized carbons (Fsp3) is 0.0909. The average molecular weight is 176 g/mol. The molecule has 0 heterocycles. The lowest BCUT2D eigenvalue weighted by atomic mass is 10.0. The largest absolute Gasteiger partial charge is 0.285 e. The quantitative estimate of drug-likeness (QED) is 0.365. The second-order valence-electron chi connectivity index (χ2n) is 2.56. The third-order valence-corrected chi connectivity index (χ3v) is 1.32. The number of allylic oxidation sites excluding steroid dienone is 5. The highest BCUT2D eigenvalue weighted by molar-refractivity contribution is 6.49. The first-order valence-electron chi connectivity index (χ1n) is 3.73. The molecule has 0 saturated carbocycles. The topological polar surface area (TPSA) is 34.1 Å². The van der Waals surface area contributed by atoms with Crippen molar-refractivity contribution in [2.45, 2.75) is 6.92 Å². The Morgan fingerprint density at radius 1 is 1.15 bits per heavy atom. The Kier molecular flexibility index (Phi) is 4.38. The fourth-order valence-electron chi connectivity index (χ4n) is 0.600. The summed E-state index contributed by atoms with van der Waals surface area (Å²) in [5, 5.41) is 0. The molecule has 0 aliphatic carbocycles. The zero-order valence-corrected chi connectivity index (χ0v) is 7.67. The van der Waals surface area contributed by atoms with Gasteiger partial charge in [0.1, 0.15) is 0 Å². The normalized spacial score (nSPS) is 9.62. The van der Waals surface area contributed by atoms with Crippen LogP contribution in [-0.4, -0.2) is 11.6 Å². The lowest BCUT2D eigenvalue weighted by molar-refractivity contribution is -0.131. The number of carbonyl (C=O) groups is 2. The zero-order valence-electron chi connectivity index (χ0n) is 7.67. The van der Waals surface area contributed by atoms with Gasteiger partial charge in [-0.3, -0.25) is 9.59 Å². The first-order valence-corrected chi connectivity index (χ1v) is 3.73. The molecule has 68 valence electrons. The fourth-order valence-corrected chi connectivity index (χ4v) is 0.600. The summed E-state index contributed by atoms with van der Waals surface area (Å²) in [5.41, 5.74) is 0.367. The van der Waals surface area contributed by atoms with Crippen molar-refractivity contribution in [3.63, 3.8) is 0 Å². The molecule has 0 aromatic heterocycles. The van der Waals surface area contributed by atoms with Gasteiger partial charge in [-0.1, -0.05) is 38.0 Å². The van der Waals surface area contributed by atoms with E-state index in [4.69, 9.17) is 0 Å². The molecule has 2 nitrogen and oxygen atoms in total. The first-order chi connectivity index (χ1) is 6.00. The van der Waals surface area contributed by atoms with Gasteiger partial charge in [-0.15, -0.1) is 0 Å². The van der Waals surface area contributed by atoms with E-state index in [0.717, 1.165) is 0 Å². The van der Waals surface area contributed by atoms with Crippen molar-refractivity contribution >= 4 is 11.6 Å². The predicted molar refractivity (Wildman–Crippen MR) is 53.3 cm³/mol. The Morgan fingerprint density at radius 3 is 2.08 bits per heavy atom. The summed E-state index contributed by atoms with van der Waals surface area (Å²) in [6, 6.07) is 0. The highest BCUT2D eigenvalue weighted by Gasteiger charge is 2.15. The van der Waals surface area contributed by atoms with Crippen molar-refractivity contribution in [3.05, 3.63) is 49.1 Å². The van der Waals surface area contributed by atoms with Crippen molar-refractivity contribution in [2.75, 3.05) is 0 Å². The van der Waals surface area contributed by atoms with Gasteiger partial charge in [0.05, 0.1) is 0 Å². The van der Waals surface area contributed by atoms with Gasteiger partial charge in [0.25, 0.3) is 0 Å². The molecule has 2 heteroatoms. The van der Waals surface area contributed by atoms with Crippen LogP contribution in [0, 0.1) is 0 Å². The van der Waals surface area contributed by atoms with E-state index in [1.54, 1.807) is 6.08 Å². The van der Waals surface area contributed by atoms with Gasteiger partial charge in [0.2, 0.25) is 11.6 Å². The third-order valence-electron chi connectivity index (χ3n) is 1.32. The molecule has 13 heavy (non-hydrogen) atoms. The lowest BCUT2D eigenvalue weighted by Crippen LogP contribution is -2.15. The Balaban J connectivity index is 4.53. The minimum atomic E-state index is -0.620. The van der Waals surface area contributed by atoms with Gasteiger partial charge in [0, 0.05) is 5.57 Å². The maximum atomic E-state index is 11.2. The van der Waals surface area contributed by atoms with Crippen LogP contribution < -0.4 is 0 Å². The molecule has 0 rings (SSSR count). The highest BCUT2D eigenvalue weighted by atomic mass is 16.2. The van der Waals surface area contributed by atoms with Crippen molar-refractivity contribution < 1.29 is 9.59 Å². The Bertz CT molecular complexity index is 306. The molecule has 0 N–H and O–H groups in total. The monoisotopic (exact) mass is 176 g/mol. The summed E-state index contributed by atoms with van der Waals surface area (Å²) < 4.78 is 0. The van der Waals surface area contributed by atoms with Gasteiger partial charge in [-0.25, -0.2) is 0 Å². The second kappa shape index (κ2) is 5.04. The summed E-state index contributed by atoms with van der Waals surface area (Å²) in [5.74, 6) is -1.22. The van der Waals surface area contributed by atoms with E-state index in [-0.39, 0.29) is 11.1 Å². The molecule has 0 spiro atoms. The summed E-state index contributed by atoms with van der Waals surface area (Å²) in [7, 11) is 0. The minimum absolute atomic E-state index is 0.146. The van der Waals surface area contributed by atoms with Gasteiger partial charge < -0.3 is 0 Å². The molecule has 0 saturated heterocycles. The molecule has 0 amide bonds. The zero-order chi connectivity index (χ0) is 10.4. The van der Waals surface area contributed by atoms with E-state index in [1.807, 2.05) is 0 Å². The van der Waals surface area contributed by atoms with Crippen LogP contribution in [-0.2, 0) is 9.59 Å². The SMILES string of the molecule is C=C/C=C\C(=C)C(=O)C(=O)C(=C)C. The second-order valence-corrected chi connectivity index (χ2v) is 2.56. The van der Waals surface area contributed by atoms with E-state index in [9.17, 15) is 9.59 Å². The van der Waals surface area contributed by atoms with Crippen LogP contribution >= 0.6 is 0 Å². The molecule has 0 atom stereocenters. The van der Waals surface area contributed by atoms with Crippen LogP contribution in [0.25, 0.3) is 0 Å². The van der Waals surface area contributed by atoms with Crippen molar-refractivity contribution in [2.24, 2.45) is 0 Å². The molecule has 0 fully saturated rings.